The van der Waals surface area contributed by atoms with E-state index in [1.165, 1.54) is 12.1 Å². The van der Waals surface area contributed by atoms with E-state index in [0.717, 1.165) is 0 Å². The summed E-state index contributed by atoms with van der Waals surface area (Å²) in [5.74, 6) is -3.68. The fourth-order valence-electron chi connectivity index (χ4n) is 2.11. The lowest BCUT2D eigenvalue weighted by atomic mass is 10.1. The Morgan fingerprint density at radius 3 is 2.79 bits per heavy atom. The van der Waals surface area contributed by atoms with Crippen LogP contribution in [0.3, 0.4) is 0 Å². The van der Waals surface area contributed by atoms with Gasteiger partial charge in [0.25, 0.3) is 0 Å². The van der Waals surface area contributed by atoms with Crippen molar-refractivity contribution in [2.75, 3.05) is 18.0 Å². The van der Waals surface area contributed by atoms with Gasteiger partial charge in [-0.05, 0) is 18.6 Å². The lowest BCUT2D eigenvalue weighted by Crippen LogP contribution is -2.28. The maximum absolute atomic E-state index is 13.3. The van der Waals surface area contributed by atoms with E-state index in [2.05, 4.69) is 4.98 Å². The van der Waals surface area contributed by atoms with Crippen LogP contribution in [0.2, 0.25) is 5.15 Å². The predicted molar refractivity (Wildman–Crippen MR) is 67.2 cm³/mol. The molecule has 0 aromatic carbocycles. The summed E-state index contributed by atoms with van der Waals surface area (Å²) in [6.45, 7) is 0.420. The van der Waals surface area contributed by atoms with Crippen LogP contribution in [0, 0.1) is 0 Å². The maximum Gasteiger partial charge on any atom is 0.339 e. The van der Waals surface area contributed by atoms with Crippen LogP contribution in [0.15, 0.2) is 12.1 Å². The monoisotopic (exact) mass is 290 g/mol. The van der Waals surface area contributed by atoms with E-state index in [9.17, 15) is 13.6 Å². The summed E-state index contributed by atoms with van der Waals surface area (Å²) in [6, 6.07) is 2.72. The largest absolute Gasteiger partial charge is 0.478 e. The van der Waals surface area contributed by atoms with E-state index < -0.39 is 11.9 Å². The predicted octanol–water partition coefficient (Wildman–Crippen LogP) is 3.06. The molecule has 0 aliphatic carbocycles. The van der Waals surface area contributed by atoms with Gasteiger partial charge < -0.3 is 10.0 Å². The first-order valence-electron chi connectivity index (χ1n) is 5.92. The van der Waals surface area contributed by atoms with Crippen molar-refractivity contribution in [1.29, 1.82) is 0 Å². The number of aromatic nitrogens is 1. The minimum atomic E-state index is -2.70. The summed E-state index contributed by atoms with van der Waals surface area (Å²) in [4.78, 5) is 16.7. The SMILES string of the molecule is O=C(O)c1ccc(Cl)nc1N1CCCC(F)(F)CC1. The molecule has 0 spiro atoms. The van der Waals surface area contributed by atoms with Crippen molar-refractivity contribution < 1.29 is 18.7 Å². The van der Waals surface area contributed by atoms with Gasteiger partial charge in [0.2, 0.25) is 5.92 Å². The number of halogens is 3. The Balaban J connectivity index is 2.30. The van der Waals surface area contributed by atoms with Crippen LogP contribution >= 0.6 is 11.6 Å². The van der Waals surface area contributed by atoms with Crippen LogP contribution in [0.4, 0.5) is 14.6 Å². The van der Waals surface area contributed by atoms with Gasteiger partial charge in [-0.2, -0.15) is 0 Å². The first-order valence-corrected chi connectivity index (χ1v) is 6.29. The number of carboxylic acids is 1. The van der Waals surface area contributed by atoms with Gasteiger partial charge in [0.1, 0.15) is 16.5 Å². The summed E-state index contributed by atoms with van der Waals surface area (Å²) >= 11 is 5.76. The van der Waals surface area contributed by atoms with Crippen LogP contribution in [0.25, 0.3) is 0 Å². The van der Waals surface area contributed by atoms with Crippen molar-refractivity contribution in [3.8, 4) is 0 Å². The van der Waals surface area contributed by atoms with Crippen molar-refractivity contribution >= 4 is 23.4 Å². The van der Waals surface area contributed by atoms with Crippen LogP contribution in [0.5, 0.6) is 0 Å². The molecule has 1 aliphatic rings. The lowest BCUT2D eigenvalue weighted by molar-refractivity contribution is -0.0102. The van der Waals surface area contributed by atoms with Crippen LogP contribution in [-0.2, 0) is 0 Å². The summed E-state index contributed by atoms with van der Waals surface area (Å²) < 4.78 is 26.6. The van der Waals surface area contributed by atoms with E-state index >= 15 is 0 Å². The molecular formula is C12H13ClF2N2O2. The second-order valence-electron chi connectivity index (χ2n) is 4.51. The maximum atomic E-state index is 13.3. The quantitative estimate of drug-likeness (QED) is 0.851. The van der Waals surface area contributed by atoms with Crippen molar-refractivity contribution in [3.63, 3.8) is 0 Å². The Bertz CT molecular complexity index is 497. The van der Waals surface area contributed by atoms with E-state index in [4.69, 9.17) is 16.7 Å². The van der Waals surface area contributed by atoms with Gasteiger partial charge in [-0.3, -0.25) is 0 Å². The third-order valence-corrected chi connectivity index (χ3v) is 3.30. The minimum Gasteiger partial charge on any atom is -0.478 e. The van der Waals surface area contributed by atoms with Gasteiger partial charge in [0, 0.05) is 25.9 Å². The molecule has 0 unspecified atom stereocenters. The third kappa shape index (κ3) is 3.32. The molecule has 1 aromatic rings. The molecule has 0 bridgehead atoms. The van der Waals surface area contributed by atoms with Crippen LogP contribution in [-0.4, -0.2) is 35.1 Å². The zero-order chi connectivity index (χ0) is 14.0. The van der Waals surface area contributed by atoms with E-state index in [1.54, 1.807) is 4.90 Å². The number of pyridine rings is 1. The summed E-state index contributed by atoms with van der Waals surface area (Å²) in [7, 11) is 0. The molecule has 1 aliphatic heterocycles. The number of carboxylic acid groups (broad SMARTS) is 1. The van der Waals surface area contributed by atoms with E-state index in [-0.39, 0.29) is 35.9 Å². The number of anilines is 1. The number of carbonyl (C=O) groups is 1. The molecule has 0 amide bonds. The normalized spacial score (nSPS) is 19.0. The average molecular weight is 291 g/mol. The zero-order valence-corrected chi connectivity index (χ0v) is 10.8. The Kier molecular flexibility index (Phi) is 3.89. The third-order valence-electron chi connectivity index (χ3n) is 3.09. The van der Waals surface area contributed by atoms with Crippen molar-refractivity contribution in [2.24, 2.45) is 0 Å². The molecule has 0 radical (unpaired) electrons. The van der Waals surface area contributed by atoms with Crippen LogP contribution in [0.1, 0.15) is 29.6 Å². The molecule has 0 atom stereocenters. The highest BCUT2D eigenvalue weighted by atomic mass is 35.5. The smallest absolute Gasteiger partial charge is 0.339 e. The first-order chi connectivity index (χ1) is 8.89. The number of hydrogen-bond donors (Lipinski definition) is 1. The number of nitrogens with zero attached hydrogens (tertiary/aromatic N) is 2. The van der Waals surface area contributed by atoms with E-state index in [0.29, 0.717) is 13.0 Å². The number of rotatable bonds is 2. The molecular weight excluding hydrogens is 278 g/mol. The van der Waals surface area contributed by atoms with Gasteiger partial charge in [0.05, 0.1) is 0 Å². The van der Waals surface area contributed by atoms with Crippen molar-refractivity contribution in [3.05, 3.63) is 22.8 Å². The van der Waals surface area contributed by atoms with Gasteiger partial charge in [0.15, 0.2) is 0 Å². The van der Waals surface area contributed by atoms with Crippen molar-refractivity contribution in [2.45, 2.75) is 25.2 Å². The minimum absolute atomic E-state index is 0.0189. The number of hydrogen-bond acceptors (Lipinski definition) is 3. The second kappa shape index (κ2) is 5.28. The molecule has 1 fully saturated rings. The van der Waals surface area contributed by atoms with Gasteiger partial charge >= 0.3 is 5.97 Å². The summed E-state index contributed by atoms with van der Waals surface area (Å²) in [5.41, 5.74) is -0.0189. The number of alkyl halides is 2. The highest BCUT2D eigenvalue weighted by Gasteiger charge is 2.33. The Morgan fingerprint density at radius 2 is 2.11 bits per heavy atom. The Labute approximate surface area is 114 Å². The Hall–Kier alpha value is -1.43. The van der Waals surface area contributed by atoms with Crippen molar-refractivity contribution in [1.82, 2.24) is 4.98 Å². The van der Waals surface area contributed by atoms with Gasteiger partial charge in [-0.25, -0.2) is 18.6 Å². The summed E-state index contributed by atoms with van der Waals surface area (Å²) in [6.07, 6.45) is -0.201. The highest BCUT2D eigenvalue weighted by Crippen LogP contribution is 2.31. The molecule has 2 rings (SSSR count). The fraction of sp³-hybridized carbons (Fsp3) is 0.500. The van der Waals surface area contributed by atoms with Gasteiger partial charge in [-0.15, -0.1) is 0 Å². The molecule has 1 saturated heterocycles. The van der Waals surface area contributed by atoms with E-state index in [1.807, 2.05) is 0 Å². The molecule has 19 heavy (non-hydrogen) atoms. The standard InChI is InChI=1S/C12H13ClF2N2O2/c13-9-3-2-8(11(18)19)10(16-9)17-6-1-4-12(14,15)5-7-17/h2-3H,1,4-7H2,(H,18,19). The Morgan fingerprint density at radius 1 is 1.37 bits per heavy atom. The molecule has 104 valence electrons. The molecule has 4 nitrogen and oxygen atoms in total. The van der Waals surface area contributed by atoms with Gasteiger partial charge in [-0.1, -0.05) is 11.6 Å². The lowest BCUT2D eigenvalue weighted by Gasteiger charge is -2.23. The fourth-order valence-corrected chi connectivity index (χ4v) is 2.25. The summed E-state index contributed by atoms with van der Waals surface area (Å²) in [5, 5.41) is 9.25. The zero-order valence-electron chi connectivity index (χ0n) is 10.1. The molecule has 2 heterocycles. The second-order valence-corrected chi connectivity index (χ2v) is 4.89. The molecule has 1 N–H and O–H groups in total. The number of aromatic carboxylic acids is 1. The first kappa shape index (κ1) is 14.0. The molecule has 0 saturated carbocycles. The highest BCUT2D eigenvalue weighted by molar-refractivity contribution is 6.29. The van der Waals surface area contributed by atoms with Crippen LogP contribution < -0.4 is 4.90 Å². The average Bonchev–Trinajstić information content (AvgIpc) is 2.49. The molecule has 1 aromatic heterocycles. The topological polar surface area (TPSA) is 53.4 Å². The molecule has 7 heteroatoms.